The lowest BCUT2D eigenvalue weighted by Crippen LogP contribution is -1.99. The molecule has 0 amide bonds. The Balaban J connectivity index is 2.13. The number of alkyl halides is 1. The van der Waals surface area contributed by atoms with Crippen molar-refractivity contribution in [2.75, 3.05) is 0 Å². The largest absolute Gasteiger partial charge is 0.489 e. The smallest absolute Gasteiger partial charge is 0.124 e. The van der Waals surface area contributed by atoms with Crippen LogP contribution < -0.4 is 4.74 Å². The van der Waals surface area contributed by atoms with Crippen molar-refractivity contribution < 1.29 is 4.74 Å². The van der Waals surface area contributed by atoms with Crippen molar-refractivity contribution >= 4 is 23.2 Å². The van der Waals surface area contributed by atoms with E-state index in [1.54, 1.807) is 0 Å². The van der Waals surface area contributed by atoms with Gasteiger partial charge in [-0.2, -0.15) is 0 Å². The summed E-state index contributed by atoms with van der Waals surface area (Å²) in [5.74, 6) is 1.18. The molecule has 0 N–H and O–H groups in total. The standard InChI is InChI=1S/C15H14Cl2O/c1-11-4-2-3-5-12(11)10-18-15-7-6-14(17)8-13(15)9-16/h2-8H,9-10H2,1H3. The lowest BCUT2D eigenvalue weighted by molar-refractivity contribution is 0.303. The molecule has 2 rings (SSSR count). The highest BCUT2D eigenvalue weighted by atomic mass is 35.5. The van der Waals surface area contributed by atoms with E-state index in [1.807, 2.05) is 30.3 Å². The van der Waals surface area contributed by atoms with Gasteiger partial charge in [0.15, 0.2) is 0 Å². The summed E-state index contributed by atoms with van der Waals surface area (Å²) < 4.78 is 5.81. The van der Waals surface area contributed by atoms with Crippen LogP contribution >= 0.6 is 23.2 Å². The Bertz CT molecular complexity index is 538. The van der Waals surface area contributed by atoms with Crippen LogP contribution in [0.3, 0.4) is 0 Å². The number of halogens is 2. The molecular weight excluding hydrogens is 267 g/mol. The van der Waals surface area contributed by atoms with Gasteiger partial charge in [0.25, 0.3) is 0 Å². The predicted octanol–water partition coefficient (Wildman–Crippen LogP) is 4.97. The first kappa shape index (κ1) is 13.3. The molecule has 0 unspecified atom stereocenters. The van der Waals surface area contributed by atoms with Gasteiger partial charge in [0.1, 0.15) is 12.4 Å². The van der Waals surface area contributed by atoms with Crippen molar-refractivity contribution in [2.45, 2.75) is 19.4 Å². The Morgan fingerprint density at radius 3 is 2.56 bits per heavy atom. The summed E-state index contributed by atoms with van der Waals surface area (Å²) in [7, 11) is 0. The lowest BCUT2D eigenvalue weighted by Gasteiger charge is -2.11. The molecule has 0 aliphatic heterocycles. The Kier molecular flexibility index (Phi) is 4.51. The van der Waals surface area contributed by atoms with Gasteiger partial charge >= 0.3 is 0 Å². The van der Waals surface area contributed by atoms with Crippen LogP contribution in [0.1, 0.15) is 16.7 Å². The van der Waals surface area contributed by atoms with Gasteiger partial charge < -0.3 is 4.74 Å². The molecule has 2 aromatic rings. The summed E-state index contributed by atoms with van der Waals surface area (Å²) in [5, 5.41) is 0.675. The van der Waals surface area contributed by atoms with Gasteiger partial charge in [-0.15, -0.1) is 11.6 Å². The van der Waals surface area contributed by atoms with Crippen LogP contribution in [-0.4, -0.2) is 0 Å². The minimum absolute atomic E-state index is 0.393. The third-order valence-corrected chi connectivity index (χ3v) is 3.33. The van der Waals surface area contributed by atoms with Gasteiger partial charge in [0, 0.05) is 10.6 Å². The average molecular weight is 281 g/mol. The van der Waals surface area contributed by atoms with Gasteiger partial charge in [-0.1, -0.05) is 35.9 Å². The molecular formula is C15H14Cl2O. The number of hydrogen-bond acceptors (Lipinski definition) is 1. The van der Waals surface area contributed by atoms with Crippen molar-refractivity contribution in [3.05, 3.63) is 64.2 Å². The van der Waals surface area contributed by atoms with E-state index in [0.717, 1.165) is 11.3 Å². The maximum atomic E-state index is 5.92. The fourth-order valence-electron chi connectivity index (χ4n) is 1.72. The third-order valence-electron chi connectivity index (χ3n) is 2.81. The molecule has 0 atom stereocenters. The van der Waals surface area contributed by atoms with Crippen LogP contribution in [0.5, 0.6) is 5.75 Å². The summed E-state index contributed by atoms with van der Waals surface area (Å²) in [6.07, 6.45) is 0. The van der Waals surface area contributed by atoms with E-state index >= 15 is 0 Å². The quantitative estimate of drug-likeness (QED) is 0.719. The van der Waals surface area contributed by atoms with E-state index in [1.165, 1.54) is 11.1 Å². The van der Waals surface area contributed by atoms with Crippen molar-refractivity contribution in [1.82, 2.24) is 0 Å². The molecule has 0 aliphatic rings. The topological polar surface area (TPSA) is 9.23 Å². The second-order valence-electron chi connectivity index (χ2n) is 4.10. The first-order valence-electron chi connectivity index (χ1n) is 5.72. The predicted molar refractivity (Wildman–Crippen MR) is 76.5 cm³/mol. The Morgan fingerprint density at radius 2 is 1.83 bits per heavy atom. The first-order chi connectivity index (χ1) is 8.70. The normalized spacial score (nSPS) is 10.4. The molecule has 0 saturated carbocycles. The highest BCUT2D eigenvalue weighted by molar-refractivity contribution is 6.30. The molecule has 0 fully saturated rings. The molecule has 3 heteroatoms. The van der Waals surface area contributed by atoms with Crippen molar-refractivity contribution in [1.29, 1.82) is 0 Å². The Hall–Kier alpha value is -1.18. The summed E-state index contributed by atoms with van der Waals surface area (Å²) in [4.78, 5) is 0. The third kappa shape index (κ3) is 3.18. The number of benzene rings is 2. The summed E-state index contributed by atoms with van der Waals surface area (Å²) in [6, 6.07) is 13.7. The van der Waals surface area contributed by atoms with E-state index in [9.17, 15) is 0 Å². The van der Waals surface area contributed by atoms with Crippen LogP contribution in [0.15, 0.2) is 42.5 Å². The maximum absolute atomic E-state index is 5.92. The summed E-state index contributed by atoms with van der Waals surface area (Å²) in [6.45, 7) is 2.61. The Morgan fingerprint density at radius 1 is 1.06 bits per heavy atom. The molecule has 2 aromatic carbocycles. The van der Waals surface area contributed by atoms with Gasteiger partial charge in [-0.25, -0.2) is 0 Å². The lowest BCUT2D eigenvalue weighted by atomic mass is 10.1. The van der Waals surface area contributed by atoms with Gasteiger partial charge in [0.05, 0.1) is 5.88 Å². The fourth-order valence-corrected chi connectivity index (χ4v) is 2.12. The van der Waals surface area contributed by atoms with E-state index in [0.29, 0.717) is 17.5 Å². The monoisotopic (exact) mass is 280 g/mol. The SMILES string of the molecule is Cc1ccccc1COc1ccc(Cl)cc1CCl. The summed E-state index contributed by atoms with van der Waals surface area (Å²) >= 11 is 11.8. The second kappa shape index (κ2) is 6.12. The molecule has 18 heavy (non-hydrogen) atoms. The molecule has 0 aromatic heterocycles. The van der Waals surface area contributed by atoms with Crippen molar-refractivity contribution in [3.63, 3.8) is 0 Å². The Labute approximate surface area is 117 Å². The molecule has 94 valence electrons. The van der Waals surface area contributed by atoms with Crippen LogP contribution in [0.4, 0.5) is 0 Å². The minimum Gasteiger partial charge on any atom is -0.489 e. The van der Waals surface area contributed by atoms with Crippen molar-refractivity contribution in [2.24, 2.45) is 0 Å². The summed E-state index contributed by atoms with van der Waals surface area (Å²) in [5.41, 5.74) is 3.31. The first-order valence-corrected chi connectivity index (χ1v) is 6.63. The zero-order chi connectivity index (χ0) is 13.0. The highest BCUT2D eigenvalue weighted by Crippen LogP contribution is 2.25. The highest BCUT2D eigenvalue weighted by Gasteiger charge is 2.05. The van der Waals surface area contributed by atoms with Gasteiger partial charge in [-0.05, 0) is 36.2 Å². The van der Waals surface area contributed by atoms with E-state index in [2.05, 4.69) is 19.1 Å². The number of ether oxygens (including phenoxy) is 1. The number of rotatable bonds is 4. The molecule has 0 radical (unpaired) electrons. The van der Waals surface area contributed by atoms with Crippen LogP contribution in [0, 0.1) is 6.92 Å². The molecule has 0 spiro atoms. The minimum atomic E-state index is 0.393. The van der Waals surface area contributed by atoms with Gasteiger partial charge in [-0.3, -0.25) is 0 Å². The molecule has 0 heterocycles. The maximum Gasteiger partial charge on any atom is 0.124 e. The molecule has 0 aliphatic carbocycles. The molecule has 1 nitrogen and oxygen atoms in total. The zero-order valence-corrected chi connectivity index (χ0v) is 11.6. The molecule has 0 bridgehead atoms. The van der Waals surface area contributed by atoms with Crippen LogP contribution in [-0.2, 0) is 12.5 Å². The van der Waals surface area contributed by atoms with E-state index in [-0.39, 0.29) is 0 Å². The van der Waals surface area contributed by atoms with Crippen LogP contribution in [0.2, 0.25) is 5.02 Å². The number of hydrogen-bond donors (Lipinski definition) is 0. The van der Waals surface area contributed by atoms with E-state index < -0.39 is 0 Å². The fraction of sp³-hybridized carbons (Fsp3) is 0.200. The average Bonchev–Trinajstić information content (AvgIpc) is 2.39. The molecule has 0 saturated heterocycles. The number of aryl methyl sites for hydroxylation is 1. The van der Waals surface area contributed by atoms with E-state index in [4.69, 9.17) is 27.9 Å². The van der Waals surface area contributed by atoms with Gasteiger partial charge in [0.2, 0.25) is 0 Å². The second-order valence-corrected chi connectivity index (χ2v) is 4.80. The van der Waals surface area contributed by atoms with Crippen LogP contribution in [0.25, 0.3) is 0 Å². The van der Waals surface area contributed by atoms with Crippen molar-refractivity contribution in [3.8, 4) is 5.75 Å². The zero-order valence-electron chi connectivity index (χ0n) is 10.1.